The number of aryl methyl sites for hydroxylation is 1. The molecule has 0 unspecified atom stereocenters. The molecule has 136 valence electrons. The summed E-state index contributed by atoms with van der Waals surface area (Å²) in [6, 6.07) is -0.128. The third-order valence-corrected chi connectivity index (χ3v) is 3.94. The summed E-state index contributed by atoms with van der Waals surface area (Å²) in [4.78, 5) is 19.1. The Kier molecular flexibility index (Phi) is 6.01. The van der Waals surface area contributed by atoms with Crippen LogP contribution in [0.2, 0.25) is 0 Å². The fourth-order valence-corrected chi connectivity index (χ4v) is 2.61. The fourth-order valence-electron chi connectivity index (χ4n) is 1.82. The van der Waals surface area contributed by atoms with Crippen molar-refractivity contribution < 1.29 is 22.7 Å². The zero-order valence-corrected chi connectivity index (χ0v) is 14.3. The van der Waals surface area contributed by atoms with Gasteiger partial charge in [0.2, 0.25) is 0 Å². The van der Waals surface area contributed by atoms with Gasteiger partial charge in [0.15, 0.2) is 5.16 Å². The van der Waals surface area contributed by atoms with Gasteiger partial charge in [0.05, 0.1) is 18.5 Å². The monoisotopic (exact) mass is 375 g/mol. The van der Waals surface area contributed by atoms with E-state index in [9.17, 15) is 18.0 Å². The van der Waals surface area contributed by atoms with Crippen molar-refractivity contribution in [1.29, 1.82) is 0 Å². The Morgan fingerprint density at radius 3 is 2.72 bits per heavy atom. The van der Waals surface area contributed by atoms with Gasteiger partial charge in [-0.15, -0.1) is 0 Å². The van der Waals surface area contributed by atoms with E-state index in [0.717, 1.165) is 17.8 Å². The van der Waals surface area contributed by atoms with Crippen molar-refractivity contribution >= 4 is 17.7 Å². The van der Waals surface area contributed by atoms with Gasteiger partial charge in [-0.05, 0) is 13.0 Å². The Hall–Kier alpha value is -2.14. The smallest absolute Gasteiger partial charge is 0.433 e. The van der Waals surface area contributed by atoms with E-state index in [1.54, 1.807) is 20.2 Å². The van der Waals surface area contributed by atoms with Crippen LogP contribution in [0.15, 0.2) is 23.6 Å². The van der Waals surface area contributed by atoms with Crippen LogP contribution in [-0.4, -0.2) is 44.1 Å². The molecule has 25 heavy (non-hydrogen) atoms. The van der Waals surface area contributed by atoms with E-state index in [-0.39, 0.29) is 23.2 Å². The lowest BCUT2D eigenvalue weighted by Gasteiger charge is -2.12. The number of thioether (sulfide) groups is 1. The summed E-state index contributed by atoms with van der Waals surface area (Å²) in [6.07, 6.45) is -1.68. The highest BCUT2D eigenvalue weighted by Crippen LogP contribution is 2.31. The number of hydrogen-bond donors (Lipinski definition) is 1. The Morgan fingerprint density at radius 2 is 2.16 bits per heavy atom. The predicted molar refractivity (Wildman–Crippen MR) is 84.6 cm³/mol. The van der Waals surface area contributed by atoms with Gasteiger partial charge in [0.1, 0.15) is 11.7 Å². The lowest BCUT2D eigenvalue weighted by Crippen LogP contribution is -2.34. The number of nitrogens with zero attached hydrogens (tertiary/aromatic N) is 4. The zero-order valence-electron chi connectivity index (χ0n) is 13.4. The van der Waals surface area contributed by atoms with Gasteiger partial charge in [-0.3, -0.25) is 9.48 Å². The molecule has 2 aromatic heterocycles. The number of carbonyl (C=O) groups is 1. The molecule has 0 spiro atoms. The van der Waals surface area contributed by atoms with Gasteiger partial charge in [-0.25, -0.2) is 9.97 Å². The molecule has 0 bridgehead atoms. The lowest BCUT2D eigenvalue weighted by atomic mass is 10.2. The molecule has 2 heterocycles. The maximum atomic E-state index is 13.1. The van der Waals surface area contributed by atoms with Gasteiger partial charge < -0.3 is 10.5 Å². The molecule has 2 rings (SSSR count). The first-order valence-electron chi connectivity index (χ1n) is 7.21. The van der Waals surface area contributed by atoms with Crippen LogP contribution in [0.5, 0.6) is 0 Å². The molecule has 0 amide bonds. The third-order valence-electron chi connectivity index (χ3n) is 2.98. The molecule has 0 aliphatic carbocycles. The Morgan fingerprint density at radius 1 is 1.44 bits per heavy atom. The van der Waals surface area contributed by atoms with E-state index in [2.05, 4.69) is 15.1 Å². The highest BCUT2D eigenvalue weighted by molar-refractivity contribution is 7.99. The fraction of sp³-hybridized carbons (Fsp3) is 0.429. The number of alkyl halides is 3. The van der Waals surface area contributed by atoms with Crippen molar-refractivity contribution in [1.82, 2.24) is 19.7 Å². The highest BCUT2D eigenvalue weighted by atomic mass is 32.2. The largest absolute Gasteiger partial charge is 0.465 e. The van der Waals surface area contributed by atoms with Crippen LogP contribution in [0.1, 0.15) is 12.6 Å². The Balaban J connectivity index is 2.26. The minimum Gasteiger partial charge on any atom is -0.465 e. The van der Waals surface area contributed by atoms with Crippen LogP contribution in [0.3, 0.4) is 0 Å². The maximum Gasteiger partial charge on any atom is 0.433 e. The molecular formula is C14H16F3N5O2S. The summed E-state index contributed by atoms with van der Waals surface area (Å²) in [7, 11) is 1.64. The summed E-state index contributed by atoms with van der Waals surface area (Å²) in [5, 5.41) is 3.79. The molecule has 0 radical (unpaired) electrons. The number of aromatic nitrogens is 4. The topological polar surface area (TPSA) is 95.9 Å². The second-order valence-electron chi connectivity index (χ2n) is 4.99. The molecule has 0 saturated carbocycles. The normalized spacial score (nSPS) is 12.9. The quantitative estimate of drug-likeness (QED) is 0.468. The molecule has 0 aliphatic heterocycles. The van der Waals surface area contributed by atoms with Crippen LogP contribution in [0.25, 0.3) is 11.3 Å². The molecular weight excluding hydrogens is 359 g/mol. The van der Waals surface area contributed by atoms with Crippen molar-refractivity contribution in [2.24, 2.45) is 12.8 Å². The van der Waals surface area contributed by atoms with Crippen molar-refractivity contribution in [3.63, 3.8) is 0 Å². The first kappa shape index (κ1) is 19.2. The summed E-state index contributed by atoms with van der Waals surface area (Å²) in [5.41, 5.74) is 5.07. The van der Waals surface area contributed by atoms with Gasteiger partial charge in [-0.2, -0.15) is 18.3 Å². The molecule has 0 fully saturated rings. The van der Waals surface area contributed by atoms with E-state index in [4.69, 9.17) is 10.5 Å². The SMILES string of the molecule is CCOC(=O)[C@H](N)CSc1nc(-c2cnn(C)c2)cc(C(F)(F)F)n1. The van der Waals surface area contributed by atoms with Gasteiger partial charge in [-0.1, -0.05) is 11.8 Å². The minimum atomic E-state index is -4.63. The van der Waals surface area contributed by atoms with Crippen LogP contribution in [-0.2, 0) is 22.8 Å². The molecule has 2 aromatic rings. The van der Waals surface area contributed by atoms with Gasteiger partial charge in [0.25, 0.3) is 0 Å². The molecule has 1 atom stereocenters. The second kappa shape index (κ2) is 7.83. The molecule has 7 nitrogen and oxygen atoms in total. The summed E-state index contributed by atoms with van der Waals surface area (Å²) < 4.78 is 45.4. The zero-order chi connectivity index (χ0) is 18.6. The van der Waals surface area contributed by atoms with Crippen LogP contribution in [0, 0.1) is 0 Å². The van der Waals surface area contributed by atoms with Gasteiger partial charge >= 0.3 is 12.1 Å². The first-order valence-corrected chi connectivity index (χ1v) is 8.19. The number of nitrogens with two attached hydrogens (primary N) is 1. The average Bonchev–Trinajstić information content (AvgIpc) is 2.98. The van der Waals surface area contributed by atoms with Crippen molar-refractivity contribution in [2.75, 3.05) is 12.4 Å². The number of halogens is 3. The lowest BCUT2D eigenvalue weighted by molar-refractivity contribution is -0.144. The summed E-state index contributed by atoms with van der Waals surface area (Å²) in [5.74, 6) is -0.637. The van der Waals surface area contributed by atoms with E-state index >= 15 is 0 Å². The molecule has 11 heteroatoms. The Bertz CT molecular complexity index is 750. The van der Waals surface area contributed by atoms with Crippen molar-refractivity contribution in [2.45, 2.75) is 24.3 Å². The van der Waals surface area contributed by atoms with Crippen LogP contribution >= 0.6 is 11.8 Å². The Labute approximate surface area is 145 Å². The predicted octanol–water partition coefficient (Wildman–Crippen LogP) is 1.88. The molecule has 2 N–H and O–H groups in total. The molecule has 0 aromatic carbocycles. The van der Waals surface area contributed by atoms with Crippen LogP contribution < -0.4 is 5.73 Å². The van der Waals surface area contributed by atoms with Gasteiger partial charge in [0, 0.05) is 24.6 Å². The van der Waals surface area contributed by atoms with E-state index < -0.39 is 23.9 Å². The number of hydrogen-bond acceptors (Lipinski definition) is 7. The first-order chi connectivity index (χ1) is 11.7. The number of carbonyl (C=O) groups excluding carboxylic acids is 1. The highest BCUT2D eigenvalue weighted by Gasteiger charge is 2.34. The number of ether oxygens (including phenoxy) is 1. The van der Waals surface area contributed by atoms with E-state index in [1.807, 2.05) is 0 Å². The van der Waals surface area contributed by atoms with Crippen molar-refractivity contribution in [3.05, 3.63) is 24.2 Å². The molecule has 0 saturated heterocycles. The standard InChI is InChI=1S/C14H16F3N5O2S/c1-3-24-12(23)9(18)7-25-13-20-10(8-5-19-22(2)6-8)4-11(21-13)14(15,16)17/h4-6,9H,3,7,18H2,1-2H3/t9-/m1/s1. The maximum absolute atomic E-state index is 13.1. The summed E-state index contributed by atoms with van der Waals surface area (Å²) in [6.45, 7) is 1.80. The van der Waals surface area contributed by atoms with E-state index in [1.165, 1.54) is 10.9 Å². The van der Waals surface area contributed by atoms with Crippen molar-refractivity contribution in [3.8, 4) is 11.3 Å². The van der Waals surface area contributed by atoms with Crippen LogP contribution in [0.4, 0.5) is 13.2 Å². The third kappa shape index (κ3) is 5.16. The second-order valence-corrected chi connectivity index (χ2v) is 5.98. The minimum absolute atomic E-state index is 0.00732. The molecule has 0 aliphatic rings. The van der Waals surface area contributed by atoms with E-state index in [0.29, 0.717) is 5.56 Å². The summed E-state index contributed by atoms with van der Waals surface area (Å²) >= 11 is 0.853. The number of rotatable bonds is 6. The number of esters is 1. The average molecular weight is 375 g/mol.